The molecule has 0 bridgehead atoms. The molecule has 1 atom stereocenters. The van der Waals surface area contributed by atoms with Gasteiger partial charge in [-0.3, -0.25) is 0 Å². The predicted octanol–water partition coefficient (Wildman–Crippen LogP) is 6.10. The van der Waals surface area contributed by atoms with E-state index in [1.807, 2.05) is 102 Å². The fourth-order valence-electron chi connectivity index (χ4n) is 4.02. The molecular weight excluding hydrogens is 442 g/mol. The summed E-state index contributed by atoms with van der Waals surface area (Å²) in [5, 5.41) is 15.0. The molecule has 1 N–H and O–H groups in total. The minimum Gasteiger partial charge on any atom is -0.491 e. The van der Waals surface area contributed by atoms with Crippen LogP contribution in [0.3, 0.4) is 0 Å². The Balaban J connectivity index is 1.98. The zero-order valence-electron chi connectivity index (χ0n) is 20.9. The summed E-state index contributed by atoms with van der Waals surface area (Å²) in [5.74, 6) is -0.348. The molecule has 0 fully saturated rings. The van der Waals surface area contributed by atoms with Gasteiger partial charge in [-0.1, -0.05) is 30.3 Å². The summed E-state index contributed by atoms with van der Waals surface area (Å²) in [6, 6.07) is 19.3. The van der Waals surface area contributed by atoms with Crippen molar-refractivity contribution in [3.63, 3.8) is 0 Å². The SMILES string of the molecule is Cc1nc2cc(-c3ccccc3)nn2c(-c2ccc(OC(C)C)cc2)c1C(OC(C)(C)C)C(=O)O. The number of aromatic nitrogens is 3. The molecule has 0 aliphatic heterocycles. The van der Waals surface area contributed by atoms with E-state index in [2.05, 4.69) is 0 Å². The Morgan fingerprint density at radius 3 is 2.23 bits per heavy atom. The van der Waals surface area contributed by atoms with E-state index >= 15 is 0 Å². The molecule has 0 saturated carbocycles. The molecule has 4 aromatic rings. The Morgan fingerprint density at radius 2 is 1.66 bits per heavy atom. The Bertz CT molecular complexity index is 1340. The van der Waals surface area contributed by atoms with Gasteiger partial charge in [-0.05, 0) is 65.8 Å². The number of carbonyl (C=O) groups is 1. The minimum absolute atomic E-state index is 0.0439. The maximum atomic E-state index is 12.4. The van der Waals surface area contributed by atoms with Crippen LogP contribution in [0.15, 0.2) is 60.7 Å². The number of carboxylic acids is 1. The van der Waals surface area contributed by atoms with Gasteiger partial charge in [0.1, 0.15) is 5.75 Å². The van der Waals surface area contributed by atoms with Gasteiger partial charge in [-0.15, -0.1) is 0 Å². The summed E-state index contributed by atoms with van der Waals surface area (Å²) in [6.07, 6.45) is -1.18. The lowest BCUT2D eigenvalue weighted by Gasteiger charge is -2.27. The fraction of sp³-hybridized carbons (Fsp3) is 0.321. The fourth-order valence-corrected chi connectivity index (χ4v) is 4.02. The summed E-state index contributed by atoms with van der Waals surface area (Å²) in [7, 11) is 0. The van der Waals surface area contributed by atoms with Gasteiger partial charge >= 0.3 is 5.97 Å². The second kappa shape index (κ2) is 9.50. The largest absolute Gasteiger partial charge is 0.491 e. The van der Waals surface area contributed by atoms with Gasteiger partial charge < -0.3 is 14.6 Å². The highest BCUT2D eigenvalue weighted by atomic mass is 16.5. The molecule has 0 saturated heterocycles. The number of fused-ring (bicyclic) bond motifs is 1. The van der Waals surface area contributed by atoms with Crippen molar-refractivity contribution >= 4 is 11.6 Å². The first-order valence-electron chi connectivity index (χ1n) is 11.7. The number of aliphatic carboxylic acids is 1. The topological polar surface area (TPSA) is 86.0 Å². The predicted molar refractivity (Wildman–Crippen MR) is 136 cm³/mol. The van der Waals surface area contributed by atoms with Crippen LogP contribution < -0.4 is 4.74 Å². The van der Waals surface area contributed by atoms with Crippen molar-refractivity contribution in [2.24, 2.45) is 0 Å². The number of carboxylic acid groups (broad SMARTS) is 1. The lowest BCUT2D eigenvalue weighted by molar-refractivity contribution is -0.160. The number of rotatable bonds is 7. The Labute approximate surface area is 205 Å². The number of nitrogens with zero attached hydrogens (tertiary/aromatic N) is 3. The van der Waals surface area contributed by atoms with Crippen LogP contribution in [0.2, 0.25) is 0 Å². The summed E-state index contributed by atoms with van der Waals surface area (Å²) < 4.78 is 13.6. The number of ether oxygens (including phenoxy) is 2. The second-order valence-electron chi connectivity index (χ2n) is 9.76. The normalized spacial score (nSPS) is 12.8. The molecule has 35 heavy (non-hydrogen) atoms. The molecule has 2 aromatic heterocycles. The summed E-state index contributed by atoms with van der Waals surface area (Å²) in [4.78, 5) is 17.2. The van der Waals surface area contributed by atoms with Gasteiger partial charge in [0.05, 0.1) is 23.1 Å². The van der Waals surface area contributed by atoms with Crippen LogP contribution in [0.5, 0.6) is 5.75 Å². The molecule has 1 unspecified atom stereocenters. The van der Waals surface area contributed by atoms with Crippen LogP contribution in [-0.2, 0) is 9.53 Å². The standard InChI is InChI=1S/C28H31N3O4/c1-17(2)34-21-14-12-20(13-15-21)25-24(26(27(32)33)35-28(4,5)6)18(3)29-23-16-22(30-31(23)25)19-10-8-7-9-11-19/h7-17,26H,1-6H3,(H,32,33). The number of aryl methyl sites for hydroxylation is 1. The molecule has 0 aliphatic carbocycles. The van der Waals surface area contributed by atoms with Crippen molar-refractivity contribution in [2.45, 2.75) is 59.4 Å². The van der Waals surface area contributed by atoms with Crippen molar-refractivity contribution in [3.05, 3.63) is 71.9 Å². The average Bonchev–Trinajstić information content (AvgIpc) is 3.20. The monoisotopic (exact) mass is 473 g/mol. The first-order valence-corrected chi connectivity index (χ1v) is 11.7. The molecule has 0 aliphatic rings. The third-order valence-electron chi connectivity index (χ3n) is 5.36. The smallest absolute Gasteiger partial charge is 0.337 e. The molecule has 2 aromatic carbocycles. The van der Waals surface area contributed by atoms with Gasteiger partial charge in [0.15, 0.2) is 11.8 Å². The molecule has 4 rings (SSSR count). The Hall–Kier alpha value is -3.71. The lowest BCUT2D eigenvalue weighted by Crippen LogP contribution is -2.29. The molecule has 0 radical (unpaired) electrons. The molecule has 0 amide bonds. The van der Waals surface area contributed by atoms with Crippen LogP contribution in [0, 0.1) is 6.92 Å². The van der Waals surface area contributed by atoms with E-state index in [0.29, 0.717) is 22.6 Å². The van der Waals surface area contributed by atoms with Crippen molar-refractivity contribution in [3.8, 4) is 28.3 Å². The molecule has 0 spiro atoms. The summed E-state index contributed by atoms with van der Waals surface area (Å²) in [5.41, 5.74) is 4.11. The molecule has 7 heteroatoms. The molecular formula is C28H31N3O4. The highest BCUT2D eigenvalue weighted by Crippen LogP contribution is 2.36. The van der Waals surface area contributed by atoms with Crippen LogP contribution in [0.25, 0.3) is 28.2 Å². The molecule has 2 heterocycles. The van der Waals surface area contributed by atoms with Crippen molar-refractivity contribution < 1.29 is 19.4 Å². The van der Waals surface area contributed by atoms with E-state index in [1.54, 1.807) is 4.52 Å². The van der Waals surface area contributed by atoms with Gasteiger partial charge in [0.2, 0.25) is 0 Å². The zero-order valence-corrected chi connectivity index (χ0v) is 20.9. The van der Waals surface area contributed by atoms with E-state index in [0.717, 1.165) is 22.6 Å². The van der Waals surface area contributed by atoms with Crippen LogP contribution in [0.4, 0.5) is 0 Å². The quantitative estimate of drug-likeness (QED) is 0.349. The third kappa shape index (κ3) is 5.35. The van der Waals surface area contributed by atoms with E-state index in [1.165, 1.54) is 0 Å². The van der Waals surface area contributed by atoms with Gasteiger partial charge in [-0.25, -0.2) is 14.3 Å². The zero-order chi connectivity index (χ0) is 25.3. The number of hydrogen-bond donors (Lipinski definition) is 1. The highest BCUT2D eigenvalue weighted by molar-refractivity contribution is 5.81. The first-order chi connectivity index (χ1) is 16.5. The Kier molecular flexibility index (Phi) is 6.63. The number of hydrogen-bond acceptors (Lipinski definition) is 5. The van der Waals surface area contributed by atoms with Crippen molar-refractivity contribution in [1.29, 1.82) is 0 Å². The number of benzene rings is 2. The van der Waals surface area contributed by atoms with Crippen LogP contribution >= 0.6 is 0 Å². The van der Waals surface area contributed by atoms with E-state index in [9.17, 15) is 9.90 Å². The lowest BCUT2D eigenvalue weighted by atomic mass is 9.99. The summed E-state index contributed by atoms with van der Waals surface area (Å²) in [6.45, 7) is 11.3. The van der Waals surface area contributed by atoms with E-state index in [-0.39, 0.29) is 6.10 Å². The second-order valence-corrected chi connectivity index (χ2v) is 9.76. The average molecular weight is 474 g/mol. The van der Waals surface area contributed by atoms with Crippen molar-refractivity contribution in [2.75, 3.05) is 0 Å². The van der Waals surface area contributed by atoms with Crippen LogP contribution in [0.1, 0.15) is 52.0 Å². The molecule has 182 valence electrons. The minimum atomic E-state index is -1.22. The van der Waals surface area contributed by atoms with Crippen LogP contribution in [-0.4, -0.2) is 37.4 Å². The summed E-state index contributed by atoms with van der Waals surface area (Å²) >= 11 is 0. The highest BCUT2D eigenvalue weighted by Gasteiger charge is 2.33. The van der Waals surface area contributed by atoms with Gasteiger partial charge in [-0.2, -0.15) is 5.10 Å². The van der Waals surface area contributed by atoms with E-state index in [4.69, 9.17) is 19.6 Å². The van der Waals surface area contributed by atoms with E-state index < -0.39 is 17.7 Å². The molecule has 7 nitrogen and oxygen atoms in total. The van der Waals surface area contributed by atoms with Crippen molar-refractivity contribution in [1.82, 2.24) is 14.6 Å². The Morgan fingerprint density at radius 1 is 1.00 bits per heavy atom. The first kappa shape index (κ1) is 24.4. The third-order valence-corrected chi connectivity index (χ3v) is 5.36. The maximum absolute atomic E-state index is 12.4. The van der Waals surface area contributed by atoms with Gasteiger partial charge in [0.25, 0.3) is 0 Å². The maximum Gasteiger partial charge on any atom is 0.337 e. The van der Waals surface area contributed by atoms with Gasteiger partial charge in [0, 0.05) is 28.5 Å².